The zero-order valence-corrected chi connectivity index (χ0v) is 13.8. The molecule has 2 aromatic rings. The Balaban J connectivity index is 1.81. The summed E-state index contributed by atoms with van der Waals surface area (Å²) in [7, 11) is 1.80. The van der Waals surface area contributed by atoms with E-state index in [1.54, 1.807) is 24.1 Å². The van der Waals surface area contributed by atoms with E-state index in [9.17, 15) is 9.18 Å². The molecule has 0 spiro atoms. The first-order valence-electron chi connectivity index (χ1n) is 7.84. The van der Waals surface area contributed by atoms with E-state index in [0.717, 1.165) is 19.3 Å². The number of aryl methyl sites for hydroxylation is 1. The van der Waals surface area contributed by atoms with Gasteiger partial charge in [0, 0.05) is 17.6 Å². The van der Waals surface area contributed by atoms with Crippen molar-refractivity contribution in [3.63, 3.8) is 0 Å². The standard InChI is InChI=1S/C19H19ClFNO/c1-22(18-11-4-7-13-6-2-3-8-14(13)18)19(23)12-15-16(20)9-5-10-17(15)21/h2-3,5-6,8-10,18H,4,7,11-12H2,1H3. The van der Waals surface area contributed by atoms with E-state index in [1.807, 2.05) is 12.1 Å². The summed E-state index contributed by atoms with van der Waals surface area (Å²) in [5.74, 6) is -0.540. The van der Waals surface area contributed by atoms with Crippen molar-refractivity contribution in [1.82, 2.24) is 4.90 Å². The number of carbonyl (C=O) groups excluding carboxylic acids is 1. The second-order valence-corrected chi connectivity index (χ2v) is 6.40. The Morgan fingerprint density at radius 2 is 2.04 bits per heavy atom. The van der Waals surface area contributed by atoms with Crippen LogP contribution in [0.25, 0.3) is 0 Å². The molecule has 23 heavy (non-hydrogen) atoms. The van der Waals surface area contributed by atoms with E-state index in [-0.39, 0.29) is 23.9 Å². The van der Waals surface area contributed by atoms with Gasteiger partial charge in [-0.05, 0) is 42.5 Å². The lowest BCUT2D eigenvalue weighted by molar-refractivity contribution is -0.131. The molecule has 1 aliphatic carbocycles. The predicted molar refractivity (Wildman–Crippen MR) is 90.0 cm³/mol. The lowest BCUT2D eigenvalue weighted by Crippen LogP contribution is -2.34. The lowest BCUT2D eigenvalue weighted by atomic mass is 9.87. The molecule has 1 unspecified atom stereocenters. The third-order valence-electron chi connectivity index (χ3n) is 4.59. The molecule has 0 heterocycles. The Morgan fingerprint density at radius 3 is 2.83 bits per heavy atom. The third-order valence-corrected chi connectivity index (χ3v) is 4.94. The molecule has 0 saturated heterocycles. The summed E-state index contributed by atoms with van der Waals surface area (Å²) >= 11 is 6.03. The second kappa shape index (κ2) is 6.71. The van der Waals surface area contributed by atoms with Crippen molar-refractivity contribution >= 4 is 17.5 Å². The van der Waals surface area contributed by atoms with E-state index < -0.39 is 5.82 Å². The molecule has 0 saturated carbocycles. The fourth-order valence-electron chi connectivity index (χ4n) is 3.28. The number of nitrogens with zero attached hydrogens (tertiary/aromatic N) is 1. The van der Waals surface area contributed by atoms with Crippen molar-refractivity contribution in [1.29, 1.82) is 0 Å². The Morgan fingerprint density at radius 1 is 1.26 bits per heavy atom. The molecule has 0 radical (unpaired) electrons. The number of halogens is 2. The number of rotatable bonds is 3. The molecule has 1 amide bonds. The molecular formula is C19H19ClFNO. The van der Waals surface area contributed by atoms with Crippen LogP contribution in [0.1, 0.15) is 35.6 Å². The highest BCUT2D eigenvalue weighted by molar-refractivity contribution is 6.31. The molecule has 2 nitrogen and oxygen atoms in total. The van der Waals surface area contributed by atoms with Gasteiger partial charge in [0.15, 0.2) is 0 Å². The maximum Gasteiger partial charge on any atom is 0.227 e. The number of benzene rings is 2. The van der Waals surface area contributed by atoms with Crippen molar-refractivity contribution in [3.05, 3.63) is 70.0 Å². The molecular weight excluding hydrogens is 313 g/mol. The van der Waals surface area contributed by atoms with Gasteiger partial charge < -0.3 is 4.90 Å². The van der Waals surface area contributed by atoms with Crippen LogP contribution in [-0.2, 0) is 17.6 Å². The van der Waals surface area contributed by atoms with E-state index >= 15 is 0 Å². The maximum atomic E-state index is 13.9. The quantitative estimate of drug-likeness (QED) is 0.807. The molecule has 0 aromatic heterocycles. The second-order valence-electron chi connectivity index (χ2n) is 5.99. The number of fused-ring (bicyclic) bond motifs is 1. The van der Waals surface area contributed by atoms with Crippen molar-refractivity contribution < 1.29 is 9.18 Å². The first-order valence-corrected chi connectivity index (χ1v) is 8.22. The minimum absolute atomic E-state index is 0.0132. The fraction of sp³-hybridized carbons (Fsp3) is 0.316. The van der Waals surface area contributed by atoms with Gasteiger partial charge in [0.2, 0.25) is 5.91 Å². The molecule has 0 aliphatic heterocycles. The summed E-state index contributed by atoms with van der Waals surface area (Å²) in [6.45, 7) is 0. The number of carbonyl (C=O) groups is 1. The van der Waals surface area contributed by atoms with Crippen molar-refractivity contribution in [2.45, 2.75) is 31.7 Å². The molecule has 3 rings (SSSR count). The summed E-state index contributed by atoms with van der Waals surface area (Å²) in [4.78, 5) is 14.4. The van der Waals surface area contributed by atoms with Crippen LogP contribution in [-0.4, -0.2) is 17.9 Å². The average molecular weight is 332 g/mol. The summed E-state index contributed by atoms with van der Waals surface area (Å²) in [5.41, 5.74) is 2.77. The van der Waals surface area contributed by atoms with Crippen LogP contribution >= 0.6 is 11.6 Å². The van der Waals surface area contributed by atoms with E-state index in [2.05, 4.69) is 12.1 Å². The first kappa shape index (κ1) is 16.0. The summed E-state index contributed by atoms with van der Waals surface area (Å²) in [6.07, 6.45) is 3.03. The van der Waals surface area contributed by atoms with Gasteiger partial charge in [-0.25, -0.2) is 4.39 Å². The number of likely N-dealkylation sites (N-methyl/N-ethyl adjacent to an activating group) is 1. The molecule has 4 heteroatoms. The first-order chi connectivity index (χ1) is 11.1. The van der Waals surface area contributed by atoms with Gasteiger partial charge in [-0.3, -0.25) is 4.79 Å². The summed E-state index contributed by atoms with van der Waals surface area (Å²) in [6, 6.07) is 12.8. The highest BCUT2D eigenvalue weighted by Gasteiger charge is 2.27. The summed E-state index contributed by atoms with van der Waals surface area (Å²) in [5, 5.41) is 0.302. The summed E-state index contributed by atoms with van der Waals surface area (Å²) < 4.78 is 13.9. The minimum Gasteiger partial charge on any atom is -0.338 e. The molecule has 1 atom stereocenters. The molecule has 0 N–H and O–H groups in total. The Labute approximate surface area is 140 Å². The van der Waals surface area contributed by atoms with E-state index in [0.29, 0.717) is 5.02 Å². The zero-order valence-electron chi connectivity index (χ0n) is 13.1. The predicted octanol–water partition coefficient (Wildman–Crippen LogP) is 4.56. The molecule has 0 fully saturated rings. The van der Waals surface area contributed by atoms with Crippen molar-refractivity contribution in [3.8, 4) is 0 Å². The monoisotopic (exact) mass is 331 g/mol. The lowest BCUT2D eigenvalue weighted by Gasteiger charge is -2.33. The van der Waals surface area contributed by atoms with E-state index in [1.165, 1.54) is 17.2 Å². The van der Waals surface area contributed by atoms with Crippen LogP contribution in [0.15, 0.2) is 42.5 Å². The SMILES string of the molecule is CN(C(=O)Cc1c(F)cccc1Cl)C1CCCc2ccccc21. The molecule has 1 aliphatic rings. The fourth-order valence-corrected chi connectivity index (χ4v) is 3.51. The molecule has 2 aromatic carbocycles. The smallest absolute Gasteiger partial charge is 0.227 e. The van der Waals surface area contributed by atoms with Crippen LogP contribution < -0.4 is 0 Å². The highest BCUT2D eigenvalue weighted by atomic mass is 35.5. The Bertz CT molecular complexity index is 711. The zero-order chi connectivity index (χ0) is 16.4. The van der Waals surface area contributed by atoms with Crippen LogP contribution in [0.2, 0.25) is 5.02 Å². The van der Waals surface area contributed by atoms with Gasteiger partial charge in [0.25, 0.3) is 0 Å². The van der Waals surface area contributed by atoms with E-state index in [4.69, 9.17) is 11.6 Å². The van der Waals surface area contributed by atoms with Crippen molar-refractivity contribution in [2.75, 3.05) is 7.05 Å². The van der Waals surface area contributed by atoms with Crippen LogP contribution in [0, 0.1) is 5.82 Å². The van der Waals surface area contributed by atoms with Gasteiger partial charge in [-0.1, -0.05) is 41.9 Å². The van der Waals surface area contributed by atoms with Crippen LogP contribution in [0.5, 0.6) is 0 Å². The Hall–Kier alpha value is -1.87. The normalized spacial score (nSPS) is 16.7. The molecule has 120 valence electrons. The number of hydrogen-bond donors (Lipinski definition) is 0. The highest BCUT2D eigenvalue weighted by Crippen LogP contribution is 2.34. The maximum absolute atomic E-state index is 13.9. The van der Waals surface area contributed by atoms with Gasteiger partial charge in [-0.15, -0.1) is 0 Å². The Kier molecular flexibility index (Phi) is 4.67. The average Bonchev–Trinajstić information content (AvgIpc) is 2.57. The molecule has 0 bridgehead atoms. The van der Waals surface area contributed by atoms with Gasteiger partial charge in [0.1, 0.15) is 5.82 Å². The van der Waals surface area contributed by atoms with Gasteiger partial charge in [0.05, 0.1) is 12.5 Å². The number of hydrogen-bond acceptors (Lipinski definition) is 1. The third kappa shape index (κ3) is 3.25. The van der Waals surface area contributed by atoms with Gasteiger partial charge in [-0.2, -0.15) is 0 Å². The topological polar surface area (TPSA) is 20.3 Å². The van der Waals surface area contributed by atoms with Crippen LogP contribution in [0.4, 0.5) is 4.39 Å². The van der Waals surface area contributed by atoms with Gasteiger partial charge >= 0.3 is 0 Å². The minimum atomic E-state index is -0.428. The number of amides is 1. The van der Waals surface area contributed by atoms with Crippen molar-refractivity contribution in [2.24, 2.45) is 0 Å². The largest absolute Gasteiger partial charge is 0.338 e. The van der Waals surface area contributed by atoms with Crippen LogP contribution in [0.3, 0.4) is 0 Å².